The molecule has 1 unspecified atom stereocenters. The van der Waals surface area contributed by atoms with Crippen molar-refractivity contribution in [1.82, 2.24) is 10.2 Å². The number of piperazine rings is 1. The van der Waals surface area contributed by atoms with Crippen molar-refractivity contribution < 1.29 is 9.53 Å². The lowest BCUT2D eigenvalue weighted by molar-refractivity contribution is -0.127. The Balaban J connectivity index is 2.06. The summed E-state index contributed by atoms with van der Waals surface area (Å²) < 4.78 is 5.14. The number of ether oxygens (including phenoxy) is 1. The number of carbonyl (C=O) groups is 1. The molecule has 1 fully saturated rings. The molecule has 108 valence electrons. The van der Waals surface area contributed by atoms with Crippen molar-refractivity contribution in [2.45, 2.75) is 19.9 Å². The van der Waals surface area contributed by atoms with Gasteiger partial charge in [-0.05, 0) is 37.1 Å². The summed E-state index contributed by atoms with van der Waals surface area (Å²) in [6.07, 6.45) is 1.72. The molecule has 2 rings (SSSR count). The van der Waals surface area contributed by atoms with E-state index < -0.39 is 0 Å². The Hall–Kier alpha value is -1.81. The zero-order chi connectivity index (χ0) is 14.5. The summed E-state index contributed by atoms with van der Waals surface area (Å²) in [4.78, 5) is 14.1. The summed E-state index contributed by atoms with van der Waals surface area (Å²) in [5.74, 6) is 0.912. The van der Waals surface area contributed by atoms with Gasteiger partial charge < -0.3 is 15.0 Å². The molecule has 1 atom stereocenters. The van der Waals surface area contributed by atoms with Gasteiger partial charge in [-0.1, -0.05) is 12.1 Å². The fourth-order valence-electron chi connectivity index (χ4n) is 2.35. The van der Waals surface area contributed by atoms with Gasteiger partial charge in [0.1, 0.15) is 5.75 Å². The first-order valence-electron chi connectivity index (χ1n) is 6.95. The average molecular weight is 274 g/mol. The number of amides is 1. The van der Waals surface area contributed by atoms with Crippen LogP contribution in [0.5, 0.6) is 5.75 Å². The Bertz CT molecular complexity index is 494. The molecular weight excluding hydrogens is 252 g/mol. The van der Waals surface area contributed by atoms with E-state index in [0.717, 1.165) is 36.5 Å². The first-order valence-corrected chi connectivity index (χ1v) is 6.95. The maximum atomic E-state index is 12.2. The molecule has 4 heteroatoms. The Morgan fingerprint density at radius 2 is 2.10 bits per heavy atom. The molecule has 1 aliphatic heterocycles. The number of hydrogen-bond acceptors (Lipinski definition) is 3. The summed E-state index contributed by atoms with van der Waals surface area (Å²) in [6.45, 7) is 6.47. The Morgan fingerprint density at radius 3 is 2.70 bits per heavy atom. The SMILES string of the molecule is COc1ccc(C(C)=CC(=O)N2CCNC(C)C2)cc1. The largest absolute Gasteiger partial charge is 0.497 e. The van der Waals surface area contributed by atoms with Crippen LogP contribution in [0.25, 0.3) is 5.57 Å². The highest BCUT2D eigenvalue weighted by Gasteiger charge is 2.18. The third-order valence-electron chi connectivity index (χ3n) is 3.57. The summed E-state index contributed by atoms with van der Waals surface area (Å²) in [5.41, 5.74) is 2.02. The second kappa shape index (κ2) is 6.57. The molecule has 0 bridgehead atoms. The van der Waals surface area contributed by atoms with E-state index in [1.807, 2.05) is 36.1 Å². The highest BCUT2D eigenvalue weighted by molar-refractivity contribution is 5.95. The molecule has 1 saturated heterocycles. The van der Waals surface area contributed by atoms with Gasteiger partial charge in [-0.15, -0.1) is 0 Å². The first-order chi connectivity index (χ1) is 9.60. The number of rotatable bonds is 3. The molecule has 1 N–H and O–H groups in total. The second-order valence-electron chi connectivity index (χ2n) is 5.20. The molecule has 4 nitrogen and oxygen atoms in total. The van der Waals surface area contributed by atoms with Gasteiger partial charge >= 0.3 is 0 Å². The zero-order valence-corrected chi connectivity index (χ0v) is 12.3. The molecule has 0 spiro atoms. The van der Waals surface area contributed by atoms with Crippen molar-refractivity contribution in [1.29, 1.82) is 0 Å². The highest BCUT2D eigenvalue weighted by Crippen LogP contribution is 2.18. The maximum Gasteiger partial charge on any atom is 0.246 e. The lowest BCUT2D eigenvalue weighted by atomic mass is 10.1. The van der Waals surface area contributed by atoms with Crippen LogP contribution in [0.1, 0.15) is 19.4 Å². The second-order valence-corrected chi connectivity index (χ2v) is 5.20. The van der Waals surface area contributed by atoms with Gasteiger partial charge in [0.05, 0.1) is 7.11 Å². The number of nitrogens with one attached hydrogen (secondary N) is 1. The maximum absolute atomic E-state index is 12.2. The molecule has 0 aromatic heterocycles. The van der Waals surface area contributed by atoms with Gasteiger partial charge in [0.15, 0.2) is 0 Å². The van der Waals surface area contributed by atoms with E-state index in [0.29, 0.717) is 6.04 Å². The smallest absolute Gasteiger partial charge is 0.246 e. The van der Waals surface area contributed by atoms with Crippen LogP contribution in [0, 0.1) is 0 Å². The van der Waals surface area contributed by atoms with Crippen molar-refractivity contribution in [2.75, 3.05) is 26.7 Å². The summed E-state index contributed by atoms with van der Waals surface area (Å²) in [6, 6.07) is 8.12. The predicted octanol–water partition coefficient (Wildman–Crippen LogP) is 1.92. The van der Waals surface area contributed by atoms with Crippen molar-refractivity contribution in [3.8, 4) is 5.75 Å². The Morgan fingerprint density at radius 1 is 1.40 bits per heavy atom. The quantitative estimate of drug-likeness (QED) is 0.856. The summed E-state index contributed by atoms with van der Waals surface area (Å²) in [5, 5.41) is 3.34. The summed E-state index contributed by atoms with van der Waals surface area (Å²) in [7, 11) is 1.65. The fraction of sp³-hybridized carbons (Fsp3) is 0.438. The van der Waals surface area contributed by atoms with E-state index in [1.165, 1.54) is 0 Å². The number of benzene rings is 1. The molecular formula is C16H22N2O2. The monoisotopic (exact) mass is 274 g/mol. The van der Waals surface area contributed by atoms with E-state index in [-0.39, 0.29) is 5.91 Å². The molecule has 0 saturated carbocycles. The van der Waals surface area contributed by atoms with Crippen LogP contribution in [-0.4, -0.2) is 43.6 Å². The van der Waals surface area contributed by atoms with Crippen LogP contribution in [0.3, 0.4) is 0 Å². The van der Waals surface area contributed by atoms with Crippen molar-refractivity contribution >= 4 is 11.5 Å². The molecule has 20 heavy (non-hydrogen) atoms. The minimum atomic E-state index is 0.0895. The third kappa shape index (κ3) is 3.61. The molecule has 0 radical (unpaired) electrons. The van der Waals surface area contributed by atoms with E-state index in [2.05, 4.69) is 12.2 Å². The number of carbonyl (C=O) groups excluding carboxylic acids is 1. The van der Waals surface area contributed by atoms with Crippen molar-refractivity contribution in [3.63, 3.8) is 0 Å². The topological polar surface area (TPSA) is 41.6 Å². The van der Waals surface area contributed by atoms with E-state index >= 15 is 0 Å². The van der Waals surface area contributed by atoms with Crippen LogP contribution in [0.4, 0.5) is 0 Å². The van der Waals surface area contributed by atoms with E-state index in [1.54, 1.807) is 13.2 Å². The van der Waals surface area contributed by atoms with Crippen LogP contribution in [0.2, 0.25) is 0 Å². The van der Waals surface area contributed by atoms with Crippen molar-refractivity contribution in [2.24, 2.45) is 0 Å². The minimum absolute atomic E-state index is 0.0895. The third-order valence-corrected chi connectivity index (χ3v) is 3.57. The average Bonchev–Trinajstić information content (AvgIpc) is 2.47. The Labute approximate surface area is 120 Å². The standard InChI is InChI=1S/C16H22N2O2/c1-12(14-4-6-15(20-3)7-5-14)10-16(19)18-9-8-17-13(2)11-18/h4-7,10,13,17H,8-9,11H2,1-3H3. The molecule has 0 aliphatic carbocycles. The van der Waals surface area contributed by atoms with E-state index in [9.17, 15) is 4.79 Å². The van der Waals surface area contributed by atoms with Gasteiger partial charge in [0.2, 0.25) is 5.91 Å². The van der Waals surface area contributed by atoms with Crippen molar-refractivity contribution in [3.05, 3.63) is 35.9 Å². The van der Waals surface area contributed by atoms with Crippen LogP contribution >= 0.6 is 0 Å². The lowest BCUT2D eigenvalue weighted by Gasteiger charge is -2.31. The molecule has 1 aliphatic rings. The van der Waals surface area contributed by atoms with Gasteiger partial charge in [0, 0.05) is 31.8 Å². The number of hydrogen-bond donors (Lipinski definition) is 1. The van der Waals surface area contributed by atoms with Gasteiger partial charge in [-0.3, -0.25) is 4.79 Å². The lowest BCUT2D eigenvalue weighted by Crippen LogP contribution is -2.50. The molecule has 1 amide bonds. The molecule has 1 aromatic carbocycles. The Kier molecular flexibility index (Phi) is 4.79. The number of methoxy groups -OCH3 is 1. The zero-order valence-electron chi connectivity index (χ0n) is 12.3. The molecule has 1 aromatic rings. The van der Waals surface area contributed by atoms with Crippen LogP contribution < -0.4 is 10.1 Å². The number of nitrogens with zero attached hydrogens (tertiary/aromatic N) is 1. The number of allylic oxidation sites excluding steroid dienone is 1. The summed E-state index contributed by atoms with van der Waals surface area (Å²) >= 11 is 0. The molecule has 1 heterocycles. The van der Waals surface area contributed by atoms with Gasteiger partial charge in [-0.25, -0.2) is 0 Å². The fourth-order valence-corrected chi connectivity index (χ4v) is 2.35. The normalized spacial score (nSPS) is 19.9. The van der Waals surface area contributed by atoms with Crippen LogP contribution in [0.15, 0.2) is 30.3 Å². The predicted molar refractivity (Wildman–Crippen MR) is 80.7 cm³/mol. The van der Waals surface area contributed by atoms with Gasteiger partial charge in [-0.2, -0.15) is 0 Å². The highest BCUT2D eigenvalue weighted by atomic mass is 16.5. The first kappa shape index (κ1) is 14.6. The van der Waals surface area contributed by atoms with Gasteiger partial charge in [0.25, 0.3) is 0 Å². The minimum Gasteiger partial charge on any atom is -0.497 e. The van der Waals surface area contributed by atoms with E-state index in [4.69, 9.17) is 4.74 Å². The van der Waals surface area contributed by atoms with Crippen LogP contribution in [-0.2, 0) is 4.79 Å².